The normalized spacial score (nSPS) is 20.8. The number of hydrogen-bond donors (Lipinski definition) is 2. The van der Waals surface area contributed by atoms with Crippen LogP contribution in [0.25, 0.3) is 0 Å². The monoisotopic (exact) mass is 263 g/mol. The van der Waals surface area contributed by atoms with Crippen LogP contribution in [0.3, 0.4) is 0 Å². The van der Waals surface area contributed by atoms with Gasteiger partial charge in [0.25, 0.3) is 5.69 Å². The summed E-state index contributed by atoms with van der Waals surface area (Å²) in [4.78, 5) is 10.4. The molecule has 1 saturated heterocycles. The average molecular weight is 263 g/mol. The van der Waals surface area contributed by atoms with Gasteiger partial charge in [-0.1, -0.05) is 0 Å². The Morgan fingerprint density at radius 1 is 1.53 bits per heavy atom. The molecule has 5 nitrogen and oxygen atoms in total. The van der Waals surface area contributed by atoms with Crippen molar-refractivity contribution in [2.24, 2.45) is 5.92 Å². The van der Waals surface area contributed by atoms with Gasteiger partial charge in [0, 0.05) is 23.9 Å². The molecule has 0 spiro atoms. The second-order valence-corrected chi connectivity index (χ2v) is 5.30. The van der Waals surface area contributed by atoms with Crippen molar-refractivity contribution >= 4 is 11.4 Å². The average Bonchev–Trinajstić information content (AvgIpc) is 2.41. The van der Waals surface area contributed by atoms with Crippen molar-refractivity contribution in [1.82, 2.24) is 5.32 Å². The van der Waals surface area contributed by atoms with E-state index < -0.39 is 0 Å². The molecule has 0 aliphatic carbocycles. The lowest BCUT2D eigenvalue weighted by atomic mass is 9.92. The third-order valence-corrected chi connectivity index (χ3v) is 3.85. The molecular formula is C14H21N3O2. The molecule has 0 bridgehead atoms. The highest BCUT2D eigenvalue weighted by Gasteiger charge is 2.20. The predicted octanol–water partition coefficient (Wildman–Crippen LogP) is 2.70. The van der Waals surface area contributed by atoms with Crippen LogP contribution >= 0.6 is 0 Å². The minimum atomic E-state index is -0.356. The van der Waals surface area contributed by atoms with E-state index >= 15 is 0 Å². The third-order valence-electron chi connectivity index (χ3n) is 3.85. The minimum absolute atomic E-state index is 0.148. The van der Waals surface area contributed by atoms with Crippen LogP contribution in [-0.2, 0) is 0 Å². The van der Waals surface area contributed by atoms with Crippen LogP contribution in [0.5, 0.6) is 0 Å². The Hall–Kier alpha value is -1.62. The number of nitro groups is 1. The number of nitro benzene ring substituents is 1. The molecule has 2 unspecified atom stereocenters. The Bertz CT molecular complexity index is 456. The van der Waals surface area contributed by atoms with Crippen molar-refractivity contribution in [1.29, 1.82) is 0 Å². The Morgan fingerprint density at radius 3 is 2.89 bits per heavy atom. The Morgan fingerprint density at radius 2 is 2.32 bits per heavy atom. The summed E-state index contributed by atoms with van der Waals surface area (Å²) in [5, 5.41) is 17.6. The van der Waals surface area contributed by atoms with E-state index in [0.29, 0.717) is 12.0 Å². The van der Waals surface area contributed by atoms with Gasteiger partial charge in [0.2, 0.25) is 0 Å². The number of aryl methyl sites for hydroxylation is 1. The molecule has 0 aromatic heterocycles. The van der Waals surface area contributed by atoms with Crippen LogP contribution in [0, 0.1) is 23.0 Å². The lowest BCUT2D eigenvalue weighted by molar-refractivity contribution is -0.384. The maximum atomic E-state index is 10.7. The summed E-state index contributed by atoms with van der Waals surface area (Å²) in [5.41, 5.74) is 2.06. The highest BCUT2D eigenvalue weighted by atomic mass is 16.6. The van der Waals surface area contributed by atoms with Crippen LogP contribution in [0.4, 0.5) is 11.4 Å². The largest absolute Gasteiger partial charge is 0.382 e. The first-order valence-electron chi connectivity index (χ1n) is 6.80. The number of nitrogens with one attached hydrogen (secondary N) is 2. The Balaban J connectivity index is 2.03. The molecule has 1 aromatic carbocycles. The van der Waals surface area contributed by atoms with Gasteiger partial charge in [-0.15, -0.1) is 0 Å². The first-order valence-corrected chi connectivity index (χ1v) is 6.80. The molecule has 1 fully saturated rings. The van der Waals surface area contributed by atoms with Crippen molar-refractivity contribution in [3.63, 3.8) is 0 Å². The second kappa shape index (κ2) is 6.02. The topological polar surface area (TPSA) is 67.2 Å². The number of hydrogen-bond acceptors (Lipinski definition) is 4. The zero-order chi connectivity index (χ0) is 13.8. The van der Waals surface area contributed by atoms with E-state index in [-0.39, 0.29) is 10.6 Å². The highest BCUT2D eigenvalue weighted by molar-refractivity contribution is 5.55. The summed E-state index contributed by atoms with van der Waals surface area (Å²) in [6.07, 6.45) is 2.45. The lowest BCUT2D eigenvalue weighted by Crippen LogP contribution is -2.38. The van der Waals surface area contributed by atoms with Crippen LogP contribution < -0.4 is 10.6 Å². The SMILES string of the molecule is Cc1cc([N+](=O)[O-])ccc1NC(C)C1CCCNC1. The first-order chi connectivity index (χ1) is 9.08. The van der Waals surface area contributed by atoms with E-state index in [0.717, 1.165) is 24.3 Å². The van der Waals surface area contributed by atoms with E-state index in [1.807, 2.05) is 6.92 Å². The van der Waals surface area contributed by atoms with Crippen LogP contribution in [-0.4, -0.2) is 24.1 Å². The fourth-order valence-corrected chi connectivity index (χ4v) is 2.59. The molecule has 1 aliphatic rings. The van der Waals surface area contributed by atoms with E-state index in [2.05, 4.69) is 17.6 Å². The second-order valence-electron chi connectivity index (χ2n) is 5.30. The van der Waals surface area contributed by atoms with Gasteiger partial charge in [-0.2, -0.15) is 0 Å². The summed E-state index contributed by atoms with van der Waals surface area (Å²) in [6, 6.07) is 5.35. The molecule has 2 N–H and O–H groups in total. The van der Waals surface area contributed by atoms with Gasteiger partial charge in [0.1, 0.15) is 0 Å². The van der Waals surface area contributed by atoms with E-state index in [4.69, 9.17) is 0 Å². The first kappa shape index (κ1) is 13.8. The van der Waals surface area contributed by atoms with Crippen LogP contribution in [0.15, 0.2) is 18.2 Å². The minimum Gasteiger partial charge on any atom is -0.382 e. The molecule has 1 aliphatic heterocycles. The van der Waals surface area contributed by atoms with Gasteiger partial charge in [-0.3, -0.25) is 10.1 Å². The third kappa shape index (κ3) is 3.44. The molecule has 19 heavy (non-hydrogen) atoms. The number of benzene rings is 1. The predicted molar refractivity (Wildman–Crippen MR) is 76.5 cm³/mol. The standard InChI is InChI=1S/C14H21N3O2/c1-10-8-13(17(18)19)5-6-14(10)16-11(2)12-4-3-7-15-9-12/h5-6,8,11-12,15-16H,3-4,7,9H2,1-2H3. The van der Waals surface area contributed by atoms with Crippen LogP contribution in [0.1, 0.15) is 25.3 Å². The Kier molecular flexibility index (Phi) is 4.37. The molecule has 1 aromatic rings. The van der Waals surface area contributed by atoms with Crippen molar-refractivity contribution in [2.75, 3.05) is 18.4 Å². The zero-order valence-electron chi connectivity index (χ0n) is 11.5. The molecule has 5 heteroatoms. The molecule has 0 amide bonds. The molecule has 0 saturated carbocycles. The zero-order valence-corrected chi connectivity index (χ0v) is 11.5. The van der Waals surface area contributed by atoms with Crippen molar-refractivity contribution in [2.45, 2.75) is 32.7 Å². The van der Waals surface area contributed by atoms with Gasteiger partial charge in [-0.05, 0) is 57.3 Å². The number of nitrogens with zero attached hydrogens (tertiary/aromatic N) is 1. The fraction of sp³-hybridized carbons (Fsp3) is 0.571. The van der Waals surface area contributed by atoms with Gasteiger partial charge in [-0.25, -0.2) is 0 Å². The van der Waals surface area contributed by atoms with E-state index in [9.17, 15) is 10.1 Å². The Labute approximate surface area is 113 Å². The fourth-order valence-electron chi connectivity index (χ4n) is 2.59. The van der Waals surface area contributed by atoms with E-state index in [1.165, 1.54) is 12.8 Å². The van der Waals surface area contributed by atoms with Gasteiger partial charge < -0.3 is 10.6 Å². The molecular weight excluding hydrogens is 242 g/mol. The lowest BCUT2D eigenvalue weighted by Gasteiger charge is -2.30. The number of anilines is 1. The summed E-state index contributed by atoms with van der Waals surface area (Å²) >= 11 is 0. The van der Waals surface area contributed by atoms with Gasteiger partial charge in [0.05, 0.1) is 4.92 Å². The van der Waals surface area contributed by atoms with Crippen molar-refractivity contribution in [3.05, 3.63) is 33.9 Å². The molecule has 1 heterocycles. The summed E-state index contributed by atoms with van der Waals surface area (Å²) in [7, 11) is 0. The van der Waals surface area contributed by atoms with Crippen LogP contribution in [0.2, 0.25) is 0 Å². The highest BCUT2D eigenvalue weighted by Crippen LogP contribution is 2.24. The molecule has 104 valence electrons. The van der Waals surface area contributed by atoms with Crippen molar-refractivity contribution in [3.8, 4) is 0 Å². The maximum Gasteiger partial charge on any atom is 0.269 e. The van der Waals surface area contributed by atoms with E-state index in [1.54, 1.807) is 18.2 Å². The number of rotatable bonds is 4. The summed E-state index contributed by atoms with van der Waals surface area (Å²) in [5.74, 6) is 0.614. The summed E-state index contributed by atoms with van der Waals surface area (Å²) < 4.78 is 0. The summed E-state index contributed by atoms with van der Waals surface area (Å²) in [6.45, 7) is 6.24. The van der Waals surface area contributed by atoms with Gasteiger partial charge in [0.15, 0.2) is 0 Å². The molecule has 2 atom stereocenters. The smallest absolute Gasteiger partial charge is 0.269 e. The molecule has 0 radical (unpaired) electrons. The molecule has 2 rings (SSSR count). The number of piperidine rings is 1. The maximum absolute atomic E-state index is 10.7. The number of non-ortho nitro benzene ring substituents is 1. The van der Waals surface area contributed by atoms with Crippen molar-refractivity contribution < 1.29 is 4.92 Å². The van der Waals surface area contributed by atoms with Gasteiger partial charge >= 0.3 is 0 Å². The quantitative estimate of drug-likeness (QED) is 0.647.